The largest absolute Gasteiger partial charge is 0.478 e. The molecule has 0 fully saturated rings. The first-order chi connectivity index (χ1) is 21.1. The summed E-state index contributed by atoms with van der Waals surface area (Å²) in [6.45, 7) is 0. The number of imide groups is 1. The van der Waals surface area contributed by atoms with Crippen LogP contribution in [0.1, 0.15) is 52.6 Å². The van der Waals surface area contributed by atoms with Crippen molar-refractivity contribution in [3.05, 3.63) is 124 Å². The molecule has 0 aromatic heterocycles. The minimum Gasteiger partial charge on any atom is -0.478 e. The van der Waals surface area contributed by atoms with E-state index in [0.29, 0.717) is 22.1 Å². The Morgan fingerprint density at radius 1 is 0.682 bits per heavy atom. The highest BCUT2D eigenvalue weighted by molar-refractivity contribution is 7.86. The van der Waals surface area contributed by atoms with Crippen molar-refractivity contribution in [3.8, 4) is 22.3 Å². The molecule has 0 saturated heterocycles. The lowest BCUT2D eigenvalue weighted by molar-refractivity contribution is -0.0105. The Bertz CT molecular complexity index is 2250. The highest BCUT2D eigenvalue weighted by Crippen LogP contribution is 2.42. The molecule has 5 aromatic rings. The predicted molar refractivity (Wildman–Crippen MR) is 157 cm³/mol. The second-order valence-electron chi connectivity index (χ2n) is 10.3. The van der Waals surface area contributed by atoms with E-state index in [1.54, 1.807) is 48.5 Å². The molecule has 10 nitrogen and oxygen atoms in total. The standard InChI is InChI=1S/C33H19NO9S/c35-30-25-16-24(22-12-5-9-17-7-1-3-10-19(17)22)28(32(37)38)29(33(39)40)27(25)31(36)34(30)43-44(41,42)26-14-6-13-21-20-11-4-2-8-18(20)15-23(21)26/h1-14,16H,15H2,(H,37,38)(H,39,40). The zero-order chi connectivity index (χ0) is 30.9. The number of hydrogen-bond donors (Lipinski definition) is 2. The summed E-state index contributed by atoms with van der Waals surface area (Å²) in [4.78, 5) is 52.0. The average molecular weight is 606 g/mol. The van der Waals surface area contributed by atoms with Crippen molar-refractivity contribution in [1.29, 1.82) is 0 Å². The van der Waals surface area contributed by atoms with Crippen molar-refractivity contribution >= 4 is 44.6 Å². The summed E-state index contributed by atoms with van der Waals surface area (Å²) in [5, 5.41) is 21.6. The molecule has 0 bridgehead atoms. The van der Waals surface area contributed by atoms with E-state index >= 15 is 0 Å². The van der Waals surface area contributed by atoms with Gasteiger partial charge in [-0.2, -0.15) is 8.42 Å². The Balaban J connectivity index is 1.36. The molecule has 2 aliphatic rings. The minimum absolute atomic E-state index is 0.0214. The van der Waals surface area contributed by atoms with Crippen molar-refractivity contribution < 1.29 is 42.1 Å². The molecular formula is C33H19NO9S. The Kier molecular flexibility index (Phi) is 5.99. The Labute approximate surface area is 249 Å². The lowest BCUT2D eigenvalue weighted by Crippen LogP contribution is -2.33. The highest BCUT2D eigenvalue weighted by atomic mass is 32.2. The quantitative estimate of drug-likeness (QED) is 0.238. The molecule has 0 radical (unpaired) electrons. The van der Waals surface area contributed by atoms with Crippen LogP contribution in [-0.4, -0.2) is 47.4 Å². The fraction of sp³-hybridized carbons (Fsp3) is 0.0303. The molecule has 0 unspecified atom stereocenters. The van der Waals surface area contributed by atoms with Crippen molar-refractivity contribution in [3.63, 3.8) is 0 Å². The number of fused-ring (bicyclic) bond motifs is 5. The van der Waals surface area contributed by atoms with Gasteiger partial charge in [-0.1, -0.05) is 78.9 Å². The van der Waals surface area contributed by atoms with Crippen molar-refractivity contribution in [2.75, 3.05) is 0 Å². The molecule has 0 atom stereocenters. The summed E-state index contributed by atoms with van der Waals surface area (Å²) in [6.07, 6.45) is 0.270. The number of hydrogen-bond acceptors (Lipinski definition) is 7. The van der Waals surface area contributed by atoms with Crippen LogP contribution in [-0.2, 0) is 20.8 Å². The van der Waals surface area contributed by atoms with Gasteiger partial charge in [0.15, 0.2) is 0 Å². The Morgan fingerprint density at radius 2 is 1.32 bits per heavy atom. The minimum atomic E-state index is -4.80. The smallest absolute Gasteiger partial charge is 0.337 e. The van der Waals surface area contributed by atoms with Crippen LogP contribution in [0.15, 0.2) is 95.9 Å². The van der Waals surface area contributed by atoms with Gasteiger partial charge in [0.05, 0.1) is 22.3 Å². The maximum atomic E-state index is 13.6. The van der Waals surface area contributed by atoms with Crippen LogP contribution >= 0.6 is 0 Å². The number of aromatic carboxylic acids is 2. The molecule has 7 rings (SSSR count). The number of nitrogens with zero attached hydrogens (tertiary/aromatic N) is 1. The van der Waals surface area contributed by atoms with Gasteiger partial charge in [-0.05, 0) is 56.3 Å². The number of carboxylic acid groups (broad SMARTS) is 2. The third-order valence-electron chi connectivity index (χ3n) is 7.90. The van der Waals surface area contributed by atoms with Crippen LogP contribution in [0.4, 0.5) is 0 Å². The number of benzene rings is 5. The maximum absolute atomic E-state index is 13.6. The Hall–Kier alpha value is -5.65. The average Bonchev–Trinajstić information content (AvgIpc) is 3.50. The van der Waals surface area contributed by atoms with E-state index in [1.807, 2.05) is 24.3 Å². The number of carbonyl (C=O) groups excluding carboxylic acids is 2. The molecular weight excluding hydrogens is 586 g/mol. The third-order valence-corrected chi connectivity index (χ3v) is 9.16. The van der Waals surface area contributed by atoms with Crippen LogP contribution < -0.4 is 0 Å². The second-order valence-corrected chi connectivity index (χ2v) is 11.8. The molecule has 1 aliphatic heterocycles. The monoisotopic (exact) mass is 605 g/mol. The normalized spacial score (nSPS) is 13.6. The summed E-state index contributed by atoms with van der Waals surface area (Å²) in [5.74, 6) is -6.09. The molecule has 2 N–H and O–H groups in total. The molecule has 2 amide bonds. The maximum Gasteiger partial charge on any atom is 0.337 e. The van der Waals surface area contributed by atoms with Gasteiger partial charge < -0.3 is 10.2 Å². The van der Waals surface area contributed by atoms with Crippen LogP contribution in [0.3, 0.4) is 0 Å². The zero-order valence-electron chi connectivity index (χ0n) is 22.5. The van der Waals surface area contributed by atoms with Gasteiger partial charge in [0.25, 0.3) is 11.8 Å². The first-order valence-electron chi connectivity index (χ1n) is 13.3. The first-order valence-corrected chi connectivity index (χ1v) is 14.7. The van der Waals surface area contributed by atoms with Crippen LogP contribution in [0.2, 0.25) is 0 Å². The van der Waals surface area contributed by atoms with Gasteiger partial charge in [0.2, 0.25) is 0 Å². The van der Waals surface area contributed by atoms with Gasteiger partial charge in [-0.25, -0.2) is 9.59 Å². The number of hydroxylamine groups is 2. The van der Waals surface area contributed by atoms with E-state index in [1.165, 1.54) is 12.1 Å². The summed E-state index contributed by atoms with van der Waals surface area (Å²) < 4.78 is 32.3. The molecule has 1 heterocycles. The second kappa shape index (κ2) is 9.69. The van der Waals surface area contributed by atoms with Gasteiger partial charge in [0.1, 0.15) is 4.90 Å². The molecule has 44 heavy (non-hydrogen) atoms. The fourth-order valence-corrected chi connectivity index (χ4v) is 7.19. The summed E-state index contributed by atoms with van der Waals surface area (Å²) in [5.41, 5.74) is 0.0358. The van der Waals surface area contributed by atoms with E-state index in [4.69, 9.17) is 4.28 Å². The zero-order valence-corrected chi connectivity index (χ0v) is 23.3. The summed E-state index contributed by atoms with van der Waals surface area (Å²) >= 11 is 0. The topological polar surface area (TPSA) is 155 Å². The molecule has 1 aliphatic carbocycles. The van der Waals surface area contributed by atoms with E-state index in [-0.39, 0.29) is 21.9 Å². The molecule has 5 aromatic carbocycles. The van der Waals surface area contributed by atoms with Crippen molar-refractivity contribution in [2.45, 2.75) is 11.3 Å². The first kappa shape index (κ1) is 27.2. The lowest BCUT2D eigenvalue weighted by atomic mass is 9.87. The van der Waals surface area contributed by atoms with Gasteiger partial charge in [-0.3, -0.25) is 9.59 Å². The number of carbonyl (C=O) groups is 4. The summed E-state index contributed by atoms with van der Waals surface area (Å²) in [6, 6.07) is 25.0. The van der Waals surface area contributed by atoms with Crippen molar-refractivity contribution in [1.82, 2.24) is 5.06 Å². The summed E-state index contributed by atoms with van der Waals surface area (Å²) in [7, 11) is -4.80. The van der Waals surface area contributed by atoms with E-state index < -0.39 is 56.1 Å². The number of carboxylic acids is 2. The molecule has 11 heteroatoms. The van der Waals surface area contributed by atoms with Crippen molar-refractivity contribution in [2.24, 2.45) is 0 Å². The highest BCUT2D eigenvalue weighted by Gasteiger charge is 2.46. The van der Waals surface area contributed by atoms with E-state index in [0.717, 1.165) is 22.6 Å². The van der Waals surface area contributed by atoms with Gasteiger partial charge in [-0.15, -0.1) is 9.35 Å². The van der Waals surface area contributed by atoms with E-state index in [9.17, 15) is 37.8 Å². The third kappa shape index (κ3) is 3.94. The van der Waals surface area contributed by atoms with Crippen LogP contribution in [0, 0.1) is 0 Å². The van der Waals surface area contributed by atoms with E-state index in [2.05, 4.69) is 0 Å². The van der Waals surface area contributed by atoms with Crippen LogP contribution in [0.25, 0.3) is 33.0 Å². The van der Waals surface area contributed by atoms with Gasteiger partial charge >= 0.3 is 22.1 Å². The molecule has 0 spiro atoms. The lowest BCUT2D eigenvalue weighted by Gasteiger charge is -2.15. The number of rotatable bonds is 6. The predicted octanol–water partition coefficient (Wildman–Crippen LogP) is 5.39. The Morgan fingerprint density at radius 3 is 2.09 bits per heavy atom. The fourth-order valence-electron chi connectivity index (χ4n) is 6.05. The SMILES string of the molecule is O=C(O)c1c(-c2cccc3ccccc23)cc2c(c1C(=O)O)C(=O)N(OS(=O)(=O)c1cccc3c1Cc1ccccc1-3)C2=O. The molecule has 0 saturated carbocycles. The molecule has 216 valence electrons. The number of amides is 2. The van der Waals surface area contributed by atoms with Gasteiger partial charge in [0, 0.05) is 6.42 Å². The van der Waals surface area contributed by atoms with Crippen LogP contribution in [0.5, 0.6) is 0 Å².